The molecule has 0 fully saturated rings. The molecule has 1 amide bonds. The van der Waals surface area contributed by atoms with Crippen LogP contribution in [0.4, 0.5) is 0 Å². The summed E-state index contributed by atoms with van der Waals surface area (Å²) in [6.45, 7) is 1.86. The Morgan fingerprint density at radius 1 is 1.18 bits per heavy atom. The molecule has 2 aromatic rings. The third kappa shape index (κ3) is 4.38. The molecule has 0 spiro atoms. The van der Waals surface area contributed by atoms with E-state index in [1.54, 1.807) is 0 Å². The van der Waals surface area contributed by atoms with Crippen LogP contribution in [0.15, 0.2) is 59.7 Å². The summed E-state index contributed by atoms with van der Waals surface area (Å²) in [6.07, 6.45) is -0.673. The molecule has 22 heavy (non-hydrogen) atoms. The van der Waals surface area contributed by atoms with Gasteiger partial charge in [0.25, 0.3) is 5.91 Å². The summed E-state index contributed by atoms with van der Waals surface area (Å²) in [4.78, 5) is 12.2. The Morgan fingerprint density at radius 3 is 2.55 bits per heavy atom. The summed E-state index contributed by atoms with van der Waals surface area (Å²) in [5.41, 5.74) is 5.09. The number of hydrogen-bond acceptors (Lipinski definition) is 3. The number of amides is 1. The van der Waals surface area contributed by atoms with Crippen LogP contribution >= 0.6 is 22.6 Å². The molecule has 0 aliphatic heterocycles. The van der Waals surface area contributed by atoms with Gasteiger partial charge in [0, 0.05) is 10.7 Å². The molecule has 0 saturated carbocycles. The summed E-state index contributed by atoms with van der Waals surface area (Å²) in [5.74, 6) is -0.293. The lowest BCUT2D eigenvalue weighted by molar-refractivity contribution is -0.131. The maximum Gasteiger partial charge on any atom is 0.273 e. The number of carbonyl (C=O) groups excluding carboxylic acids is 1. The van der Waals surface area contributed by atoms with Gasteiger partial charge in [-0.1, -0.05) is 42.5 Å². The number of ether oxygens (including phenoxy) is 1. The Bertz CT molecular complexity index is 671. The SMILES string of the molecule is CO[C@H](C(=O)N/N=C(/C)c1cccc(I)c1)c1ccccc1. The van der Waals surface area contributed by atoms with Gasteiger partial charge in [0.1, 0.15) is 0 Å². The van der Waals surface area contributed by atoms with Gasteiger partial charge in [0.05, 0.1) is 5.71 Å². The van der Waals surface area contributed by atoms with Crippen molar-refractivity contribution in [2.24, 2.45) is 5.10 Å². The second-order valence-electron chi connectivity index (χ2n) is 4.71. The number of hydrazone groups is 1. The minimum absolute atomic E-state index is 0.293. The van der Waals surface area contributed by atoms with Crippen LogP contribution in [-0.2, 0) is 9.53 Å². The number of benzene rings is 2. The summed E-state index contributed by atoms with van der Waals surface area (Å²) in [6, 6.07) is 17.3. The topological polar surface area (TPSA) is 50.7 Å². The van der Waals surface area contributed by atoms with Gasteiger partial charge >= 0.3 is 0 Å². The number of nitrogens with zero attached hydrogens (tertiary/aromatic N) is 1. The zero-order valence-electron chi connectivity index (χ0n) is 12.4. The van der Waals surface area contributed by atoms with E-state index in [4.69, 9.17) is 4.74 Å². The Kier molecular flexibility index (Phi) is 6.09. The van der Waals surface area contributed by atoms with Gasteiger partial charge in [-0.25, -0.2) is 5.43 Å². The largest absolute Gasteiger partial charge is 0.367 e. The maximum absolute atomic E-state index is 12.2. The van der Waals surface area contributed by atoms with E-state index in [0.29, 0.717) is 0 Å². The predicted octanol–water partition coefficient (Wildman–Crippen LogP) is 3.52. The van der Waals surface area contributed by atoms with Crippen LogP contribution in [0.1, 0.15) is 24.2 Å². The van der Waals surface area contributed by atoms with Crippen molar-refractivity contribution in [3.8, 4) is 0 Å². The lowest BCUT2D eigenvalue weighted by Gasteiger charge is -2.14. The highest BCUT2D eigenvalue weighted by atomic mass is 127. The molecule has 1 atom stereocenters. The van der Waals surface area contributed by atoms with Crippen molar-refractivity contribution in [2.45, 2.75) is 13.0 Å². The molecule has 1 N–H and O–H groups in total. The first-order chi connectivity index (χ1) is 10.6. The summed E-state index contributed by atoms with van der Waals surface area (Å²) >= 11 is 2.24. The summed E-state index contributed by atoms with van der Waals surface area (Å²) in [7, 11) is 1.51. The third-order valence-corrected chi connectivity index (χ3v) is 3.82. The highest BCUT2D eigenvalue weighted by Gasteiger charge is 2.19. The molecule has 0 heterocycles. The molecule has 4 nitrogen and oxygen atoms in total. The quantitative estimate of drug-likeness (QED) is 0.468. The van der Waals surface area contributed by atoms with Crippen molar-refractivity contribution in [1.82, 2.24) is 5.43 Å². The van der Waals surface area contributed by atoms with Gasteiger partial charge in [-0.2, -0.15) is 5.10 Å². The average Bonchev–Trinajstić information content (AvgIpc) is 2.54. The van der Waals surface area contributed by atoms with Crippen LogP contribution in [0.2, 0.25) is 0 Å². The molecule has 2 rings (SSSR count). The zero-order chi connectivity index (χ0) is 15.9. The summed E-state index contributed by atoms with van der Waals surface area (Å²) < 4.78 is 6.39. The van der Waals surface area contributed by atoms with Gasteiger partial charge < -0.3 is 4.74 Å². The fraction of sp³-hybridized carbons (Fsp3) is 0.176. The summed E-state index contributed by atoms with van der Waals surface area (Å²) in [5, 5.41) is 4.16. The molecule has 0 unspecified atom stereocenters. The zero-order valence-corrected chi connectivity index (χ0v) is 14.6. The molecule has 0 bridgehead atoms. The number of methoxy groups -OCH3 is 1. The van der Waals surface area contributed by atoms with E-state index in [2.05, 4.69) is 33.1 Å². The van der Waals surface area contributed by atoms with Crippen molar-refractivity contribution >= 4 is 34.2 Å². The molecule has 0 aromatic heterocycles. The molecule has 0 saturated heterocycles. The number of halogens is 1. The van der Waals surface area contributed by atoms with E-state index in [1.807, 2.05) is 61.5 Å². The van der Waals surface area contributed by atoms with E-state index < -0.39 is 6.10 Å². The Balaban J connectivity index is 2.09. The molecule has 5 heteroatoms. The van der Waals surface area contributed by atoms with Crippen molar-refractivity contribution in [2.75, 3.05) is 7.11 Å². The van der Waals surface area contributed by atoms with Crippen LogP contribution in [0.25, 0.3) is 0 Å². The van der Waals surface area contributed by atoms with Crippen LogP contribution in [0.3, 0.4) is 0 Å². The van der Waals surface area contributed by atoms with Crippen LogP contribution < -0.4 is 5.43 Å². The predicted molar refractivity (Wildman–Crippen MR) is 95.7 cm³/mol. The molecule has 2 aromatic carbocycles. The Morgan fingerprint density at radius 2 is 1.91 bits per heavy atom. The highest BCUT2D eigenvalue weighted by molar-refractivity contribution is 14.1. The van der Waals surface area contributed by atoms with E-state index in [9.17, 15) is 4.79 Å². The molecule has 0 aliphatic rings. The van der Waals surface area contributed by atoms with Gasteiger partial charge in [0.15, 0.2) is 6.10 Å². The van der Waals surface area contributed by atoms with Gasteiger partial charge in [-0.05, 0) is 52.8 Å². The van der Waals surface area contributed by atoms with E-state index in [1.165, 1.54) is 7.11 Å². The fourth-order valence-corrected chi connectivity index (χ4v) is 2.54. The smallest absolute Gasteiger partial charge is 0.273 e. The third-order valence-electron chi connectivity index (χ3n) is 3.15. The lowest BCUT2D eigenvalue weighted by atomic mass is 10.1. The molecule has 0 radical (unpaired) electrons. The normalized spacial score (nSPS) is 12.8. The number of hydrogen-bond donors (Lipinski definition) is 1. The van der Waals surface area contributed by atoms with E-state index in [-0.39, 0.29) is 5.91 Å². The molecular weight excluding hydrogens is 391 g/mol. The molecule has 0 aliphatic carbocycles. The van der Waals surface area contributed by atoms with Gasteiger partial charge in [-0.15, -0.1) is 0 Å². The lowest BCUT2D eigenvalue weighted by Crippen LogP contribution is -2.27. The highest BCUT2D eigenvalue weighted by Crippen LogP contribution is 2.16. The monoisotopic (exact) mass is 408 g/mol. The van der Waals surface area contributed by atoms with Crippen molar-refractivity contribution in [1.29, 1.82) is 0 Å². The standard InChI is InChI=1S/C17H17IN2O2/c1-12(14-9-6-10-15(18)11-14)19-20-17(21)16(22-2)13-7-4-3-5-8-13/h3-11,16H,1-2H3,(H,20,21)/b19-12-/t16-/m0/s1. The average molecular weight is 408 g/mol. The fourth-order valence-electron chi connectivity index (χ4n) is 2.00. The molecule has 114 valence electrons. The Labute approximate surface area is 143 Å². The van der Waals surface area contributed by atoms with Crippen molar-refractivity contribution in [3.05, 3.63) is 69.3 Å². The second-order valence-corrected chi connectivity index (χ2v) is 5.96. The van der Waals surface area contributed by atoms with E-state index >= 15 is 0 Å². The van der Waals surface area contributed by atoms with Gasteiger partial charge in [-0.3, -0.25) is 4.79 Å². The minimum Gasteiger partial charge on any atom is -0.367 e. The second kappa shape index (κ2) is 8.05. The van der Waals surface area contributed by atoms with E-state index in [0.717, 1.165) is 20.4 Å². The number of rotatable bonds is 5. The number of nitrogens with one attached hydrogen (secondary N) is 1. The maximum atomic E-state index is 12.2. The van der Waals surface area contributed by atoms with Gasteiger partial charge in [0.2, 0.25) is 0 Å². The van der Waals surface area contributed by atoms with Crippen molar-refractivity contribution < 1.29 is 9.53 Å². The Hall–Kier alpha value is -1.73. The minimum atomic E-state index is -0.673. The van der Waals surface area contributed by atoms with Crippen molar-refractivity contribution in [3.63, 3.8) is 0 Å². The van der Waals surface area contributed by atoms with Crippen LogP contribution in [0.5, 0.6) is 0 Å². The number of carbonyl (C=O) groups is 1. The first-order valence-electron chi connectivity index (χ1n) is 6.79. The first kappa shape index (κ1) is 16.6. The van der Waals surface area contributed by atoms with Crippen LogP contribution in [0, 0.1) is 3.57 Å². The van der Waals surface area contributed by atoms with Crippen LogP contribution in [-0.4, -0.2) is 18.7 Å². The first-order valence-corrected chi connectivity index (χ1v) is 7.87. The molecular formula is C17H17IN2O2.